The second kappa shape index (κ2) is 12.5. The SMILES string of the molecule is [2H]c1c([2H])c([2H])c2c([2H])c(-c3c4ccccc4c(-c4c([2H])c(-c5ccc6c(c5)oc5ccc(-c7cccc8ccccc78)cc56)c([2H])c5c([2H])c([2H])c([2H])c([2H])c45)c4ccccc34)c([2H])c([2H])c2c1[2H]. The Hall–Kier alpha value is -7.48. The molecule has 0 radical (unpaired) electrons. The van der Waals surface area contributed by atoms with Crippen LogP contribution < -0.4 is 0 Å². The van der Waals surface area contributed by atoms with E-state index in [2.05, 4.69) is 30.3 Å². The largest absolute Gasteiger partial charge is 0.456 e. The second-order valence-corrected chi connectivity index (χ2v) is 14.1. The van der Waals surface area contributed by atoms with Crippen molar-refractivity contribution < 1.29 is 22.2 Å². The van der Waals surface area contributed by atoms with Gasteiger partial charge in [-0.1, -0.05) is 164 Å². The van der Waals surface area contributed by atoms with Gasteiger partial charge in [0.05, 0.1) is 17.8 Å². The molecule has 1 heteroatoms. The first kappa shape index (κ1) is 21.6. The van der Waals surface area contributed by atoms with Crippen LogP contribution in [-0.2, 0) is 0 Å². The van der Waals surface area contributed by atoms with Crippen molar-refractivity contribution in [3.8, 4) is 44.5 Å². The molecule has 0 aliphatic rings. The molecule has 1 nitrogen and oxygen atoms in total. The summed E-state index contributed by atoms with van der Waals surface area (Å²) in [6.45, 7) is 0. The number of rotatable bonds is 4. The van der Waals surface area contributed by atoms with Crippen molar-refractivity contribution in [3.63, 3.8) is 0 Å². The molecular weight excluding hydrogens is 689 g/mol. The van der Waals surface area contributed by atoms with Crippen LogP contribution in [0, 0.1) is 0 Å². The third kappa shape index (κ3) is 5.03. The van der Waals surface area contributed by atoms with Crippen molar-refractivity contribution in [2.75, 3.05) is 0 Å². The van der Waals surface area contributed by atoms with Crippen molar-refractivity contribution in [2.24, 2.45) is 0 Å². The average molecular weight is 736 g/mol. The Labute approximate surface area is 347 Å². The summed E-state index contributed by atoms with van der Waals surface area (Å²) in [5.41, 5.74) is 4.54. The van der Waals surface area contributed by atoms with Crippen LogP contribution in [0.5, 0.6) is 0 Å². The van der Waals surface area contributed by atoms with Crippen LogP contribution in [0.15, 0.2) is 210 Å². The fraction of sp³-hybridized carbons (Fsp3) is 0. The summed E-state index contributed by atoms with van der Waals surface area (Å²) in [7, 11) is 0. The number of hydrogen-bond donors (Lipinski definition) is 0. The Morgan fingerprint density at radius 1 is 0.316 bits per heavy atom. The molecule has 0 amide bonds. The van der Waals surface area contributed by atoms with Gasteiger partial charge in [0, 0.05) is 10.8 Å². The lowest BCUT2D eigenvalue weighted by Gasteiger charge is -2.20. The molecule has 12 rings (SSSR count). The van der Waals surface area contributed by atoms with Gasteiger partial charge in [0.1, 0.15) is 11.2 Å². The van der Waals surface area contributed by atoms with Crippen LogP contribution in [0.1, 0.15) is 17.8 Å². The molecule has 57 heavy (non-hydrogen) atoms. The molecule has 264 valence electrons. The average Bonchev–Trinajstić information content (AvgIpc) is 3.74. The van der Waals surface area contributed by atoms with Gasteiger partial charge < -0.3 is 4.42 Å². The van der Waals surface area contributed by atoms with Crippen molar-refractivity contribution in [2.45, 2.75) is 0 Å². The Morgan fingerprint density at radius 3 is 1.77 bits per heavy atom. The first-order valence-electron chi connectivity index (χ1n) is 25.1. The van der Waals surface area contributed by atoms with Crippen LogP contribution in [0.3, 0.4) is 0 Å². The lowest BCUT2D eigenvalue weighted by molar-refractivity contribution is 0.669. The van der Waals surface area contributed by atoms with Crippen molar-refractivity contribution in [1.29, 1.82) is 0 Å². The topological polar surface area (TPSA) is 13.1 Å². The zero-order valence-corrected chi connectivity index (χ0v) is 30.0. The van der Waals surface area contributed by atoms with Gasteiger partial charge in [-0.3, -0.25) is 0 Å². The summed E-state index contributed by atoms with van der Waals surface area (Å²) in [5, 5.41) is 5.20. The van der Waals surface area contributed by atoms with E-state index in [0.29, 0.717) is 49.4 Å². The molecule has 1 heterocycles. The maximum absolute atomic E-state index is 10.2. The highest BCUT2D eigenvalue weighted by Crippen LogP contribution is 2.47. The molecule has 0 aliphatic heterocycles. The predicted octanol–water partition coefficient (Wildman–Crippen LogP) is 16.0. The Kier molecular flexibility index (Phi) is 4.74. The minimum absolute atomic E-state index is 0.0314. The van der Waals surface area contributed by atoms with Crippen LogP contribution in [0.4, 0.5) is 0 Å². The van der Waals surface area contributed by atoms with E-state index in [1.165, 1.54) is 0 Å². The second-order valence-electron chi connectivity index (χ2n) is 14.1. The maximum atomic E-state index is 10.2. The quantitative estimate of drug-likeness (QED) is 0.164. The zero-order valence-electron chi connectivity index (χ0n) is 43.0. The van der Waals surface area contributed by atoms with E-state index >= 15 is 0 Å². The van der Waals surface area contributed by atoms with Crippen LogP contribution >= 0.6 is 0 Å². The van der Waals surface area contributed by atoms with E-state index in [1.54, 1.807) is 60.7 Å². The molecule has 0 saturated carbocycles. The molecule has 0 saturated heterocycles. The minimum Gasteiger partial charge on any atom is -0.456 e. The highest BCUT2D eigenvalue weighted by Gasteiger charge is 2.20. The van der Waals surface area contributed by atoms with Gasteiger partial charge in [0.25, 0.3) is 0 Å². The van der Waals surface area contributed by atoms with E-state index in [1.807, 2.05) is 36.4 Å². The van der Waals surface area contributed by atoms with Crippen molar-refractivity contribution in [3.05, 3.63) is 206 Å². The summed E-state index contributed by atoms with van der Waals surface area (Å²) in [6.07, 6.45) is 0. The molecule has 0 spiro atoms. The molecule has 0 aliphatic carbocycles. The van der Waals surface area contributed by atoms with E-state index in [4.69, 9.17) is 14.0 Å². The van der Waals surface area contributed by atoms with Gasteiger partial charge in [-0.05, 0) is 141 Å². The van der Waals surface area contributed by atoms with Gasteiger partial charge in [-0.25, -0.2) is 0 Å². The molecule has 0 bridgehead atoms. The molecular formula is C56H34O. The number of benzene rings is 11. The molecule has 0 unspecified atom stereocenters. The van der Waals surface area contributed by atoms with E-state index in [-0.39, 0.29) is 56.4 Å². The number of fused-ring (bicyclic) bond motifs is 8. The zero-order chi connectivity index (χ0) is 48.8. The lowest BCUT2D eigenvalue weighted by atomic mass is 9.83. The summed E-state index contributed by atoms with van der Waals surface area (Å²) >= 11 is 0. The third-order valence-corrected chi connectivity index (χ3v) is 11.0. The molecule has 0 N–H and O–H groups in total. The molecule has 0 atom stereocenters. The first-order chi connectivity index (χ1) is 33.7. The fourth-order valence-electron chi connectivity index (χ4n) is 8.42. The van der Waals surface area contributed by atoms with Gasteiger partial charge in [0.2, 0.25) is 0 Å². The van der Waals surface area contributed by atoms with E-state index < -0.39 is 60.4 Å². The van der Waals surface area contributed by atoms with Crippen LogP contribution in [0.25, 0.3) is 120 Å². The monoisotopic (exact) mass is 735 g/mol. The maximum Gasteiger partial charge on any atom is 0.136 e. The Bertz CT molecular complexity index is 4290. The molecule has 0 fully saturated rings. The predicted molar refractivity (Wildman–Crippen MR) is 243 cm³/mol. The fourth-order valence-corrected chi connectivity index (χ4v) is 8.42. The summed E-state index contributed by atoms with van der Waals surface area (Å²) in [4.78, 5) is 0. The first-order valence-corrected chi connectivity index (χ1v) is 18.6. The molecule has 12 aromatic rings. The minimum atomic E-state index is -0.573. The smallest absolute Gasteiger partial charge is 0.136 e. The summed E-state index contributed by atoms with van der Waals surface area (Å²) in [6, 6.07) is 34.2. The van der Waals surface area contributed by atoms with Crippen molar-refractivity contribution in [1.82, 2.24) is 0 Å². The summed E-state index contributed by atoms with van der Waals surface area (Å²) in [5.74, 6) is 0. The standard InChI is InChI=1S/C56H34O/c1-2-14-37-30-41(25-24-35(37)12-1)55-47-19-7-9-21-49(47)56(50-22-10-8-20-48(50)55)52-33-42(31-39-15-4-6-18-45(39)52)38-26-28-46-51-32-40(27-29-53(51)57-54(46)34-38)44-23-11-16-36-13-3-5-17-43(36)44/h1-34H/i1D,2D,4D,6D,12D,14D,15D,18D,24D,25D,30D,31D,33D. The van der Waals surface area contributed by atoms with Gasteiger partial charge in [0.15, 0.2) is 0 Å². The van der Waals surface area contributed by atoms with Crippen LogP contribution in [0.2, 0.25) is 0 Å². The number of hydrogen-bond acceptors (Lipinski definition) is 1. The molecule has 11 aromatic carbocycles. The Morgan fingerprint density at radius 2 is 0.965 bits per heavy atom. The highest BCUT2D eigenvalue weighted by atomic mass is 16.3. The van der Waals surface area contributed by atoms with Gasteiger partial charge in [-0.2, -0.15) is 0 Å². The van der Waals surface area contributed by atoms with Crippen molar-refractivity contribution >= 4 is 75.8 Å². The molecule has 1 aromatic heterocycles. The van der Waals surface area contributed by atoms with E-state index in [0.717, 1.165) is 32.7 Å². The van der Waals surface area contributed by atoms with Gasteiger partial charge >= 0.3 is 0 Å². The Balaban J connectivity index is 1.16. The lowest BCUT2D eigenvalue weighted by Crippen LogP contribution is -1.92. The van der Waals surface area contributed by atoms with Gasteiger partial charge in [-0.15, -0.1) is 0 Å². The third-order valence-electron chi connectivity index (χ3n) is 11.0. The normalized spacial score (nSPS) is 15.1. The van der Waals surface area contributed by atoms with Crippen LogP contribution in [-0.4, -0.2) is 0 Å². The highest BCUT2D eigenvalue weighted by molar-refractivity contribution is 6.24. The van der Waals surface area contributed by atoms with E-state index in [9.17, 15) is 8.22 Å². The number of furan rings is 1. The summed E-state index contributed by atoms with van der Waals surface area (Å²) < 4.78 is 125.